The summed E-state index contributed by atoms with van der Waals surface area (Å²) in [6.45, 7) is 3.62. The minimum atomic E-state index is -0.147. The highest BCUT2D eigenvalue weighted by Gasteiger charge is 2.12. The van der Waals surface area contributed by atoms with E-state index in [1.54, 1.807) is 18.3 Å². The van der Waals surface area contributed by atoms with Gasteiger partial charge >= 0.3 is 0 Å². The zero-order valence-electron chi connectivity index (χ0n) is 17.9. The number of likely N-dealkylation sites (tertiary alicyclic amines) is 1. The Morgan fingerprint density at radius 2 is 1.61 bits per heavy atom. The van der Waals surface area contributed by atoms with Crippen LogP contribution in [0.2, 0.25) is 0 Å². The summed E-state index contributed by atoms with van der Waals surface area (Å²) in [5.74, 6) is 0.502. The molecule has 0 radical (unpaired) electrons. The monoisotopic (exact) mass is 414 g/mol. The SMILES string of the molecule is O=C(Nc1cccnc1Nc1ccccc1CCCN1CCCCC1)c1ccccc1. The summed E-state index contributed by atoms with van der Waals surface area (Å²) in [7, 11) is 0. The molecule has 0 unspecified atom stereocenters. The Morgan fingerprint density at radius 1 is 0.871 bits per heavy atom. The predicted octanol–water partition coefficient (Wildman–Crippen LogP) is 5.50. The minimum absolute atomic E-state index is 0.147. The van der Waals surface area contributed by atoms with Crippen molar-refractivity contribution >= 4 is 23.1 Å². The molecule has 0 saturated carbocycles. The maximum absolute atomic E-state index is 12.6. The third-order valence-electron chi connectivity index (χ3n) is 5.73. The molecule has 1 aliphatic heterocycles. The van der Waals surface area contributed by atoms with Crippen LogP contribution in [0.5, 0.6) is 0 Å². The van der Waals surface area contributed by atoms with Crippen LogP contribution in [0.25, 0.3) is 0 Å². The maximum Gasteiger partial charge on any atom is 0.255 e. The van der Waals surface area contributed by atoms with Gasteiger partial charge in [0.1, 0.15) is 0 Å². The molecule has 2 heterocycles. The van der Waals surface area contributed by atoms with Gasteiger partial charge in [0.2, 0.25) is 0 Å². The molecule has 5 heteroatoms. The predicted molar refractivity (Wildman–Crippen MR) is 127 cm³/mol. The van der Waals surface area contributed by atoms with Crippen molar-refractivity contribution in [3.63, 3.8) is 0 Å². The van der Waals surface area contributed by atoms with Crippen molar-refractivity contribution in [1.82, 2.24) is 9.88 Å². The molecule has 4 rings (SSSR count). The molecule has 2 aromatic carbocycles. The number of benzene rings is 2. The number of rotatable bonds is 8. The molecule has 2 N–H and O–H groups in total. The number of nitrogens with one attached hydrogen (secondary N) is 2. The van der Waals surface area contributed by atoms with Gasteiger partial charge < -0.3 is 15.5 Å². The summed E-state index contributed by atoms with van der Waals surface area (Å²) in [6, 6.07) is 21.3. The average molecular weight is 415 g/mol. The summed E-state index contributed by atoms with van der Waals surface area (Å²) < 4.78 is 0. The van der Waals surface area contributed by atoms with Crippen LogP contribution in [0.4, 0.5) is 17.2 Å². The van der Waals surface area contributed by atoms with Gasteiger partial charge in [-0.3, -0.25) is 4.79 Å². The number of carbonyl (C=O) groups is 1. The second kappa shape index (κ2) is 10.7. The topological polar surface area (TPSA) is 57.3 Å². The molecule has 31 heavy (non-hydrogen) atoms. The number of hydrogen-bond donors (Lipinski definition) is 2. The lowest BCUT2D eigenvalue weighted by Gasteiger charge is -2.26. The van der Waals surface area contributed by atoms with Crippen LogP contribution >= 0.6 is 0 Å². The fraction of sp³-hybridized carbons (Fsp3) is 0.308. The van der Waals surface area contributed by atoms with E-state index < -0.39 is 0 Å². The summed E-state index contributed by atoms with van der Waals surface area (Å²) in [5, 5.41) is 6.43. The van der Waals surface area contributed by atoms with E-state index in [0.29, 0.717) is 17.1 Å². The Morgan fingerprint density at radius 3 is 2.45 bits per heavy atom. The number of pyridine rings is 1. The number of hydrogen-bond acceptors (Lipinski definition) is 4. The molecule has 0 atom stereocenters. The molecule has 1 amide bonds. The molecule has 1 aliphatic rings. The highest BCUT2D eigenvalue weighted by atomic mass is 16.1. The van der Waals surface area contributed by atoms with E-state index in [4.69, 9.17) is 0 Å². The summed E-state index contributed by atoms with van der Waals surface area (Å²) >= 11 is 0. The van der Waals surface area contributed by atoms with E-state index in [-0.39, 0.29) is 5.91 Å². The molecular weight excluding hydrogens is 384 g/mol. The number of piperidine rings is 1. The smallest absolute Gasteiger partial charge is 0.255 e. The van der Waals surface area contributed by atoms with Crippen molar-refractivity contribution in [1.29, 1.82) is 0 Å². The minimum Gasteiger partial charge on any atom is -0.338 e. The Bertz CT molecular complexity index is 983. The van der Waals surface area contributed by atoms with Gasteiger partial charge in [0.05, 0.1) is 5.69 Å². The van der Waals surface area contributed by atoms with E-state index in [9.17, 15) is 4.79 Å². The zero-order valence-corrected chi connectivity index (χ0v) is 17.9. The first kappa shape index (κ1) is 21.1. The molecule has 160 valence electrons. The average Bonchev–Trinajstić information content (AvgIpc) is 2.82. The first-order chi connectivity index (χ1) is 15.3. The molecule has 1 aromatic heterocycles. The molecule has 0 aliphatic carbocycles. The Balaban J connectivity index is 1.43. The number of para-hydroxylation sites is 1. The van der Waals surface area contributed by atoms with Gasteiger partial charge in [-0.05, 0) is 81.2 Å². The molecule has 0 spiro atoms. The van der Waals surface area contributed by atoms with Crippen LogP contribution in [0.15, 0.2) is 72.9 Å². The first-order valence-corrected chi connectivity index (χ1v) is 11.2. The van der Waals surface area contributed by atoms with Gasteiger partial charge in [0.15, 0.2) is 5.82 Å². The van der Waals surface area contributed by atoms with Crippen molar-refractivity contribution < 1.29 is 4.79 Å². The lowest BCUT2D eigenvalue weighted by molar-refractivity contribution is 0.102. The first-order valence-electron chi connectivity index (χ1n) is 11.2. The summed E-state index contributed by atoms with van der Waals surface area (Å²) in [4.78, 5) is 19.7. The maximum atomic E-state index is 12.6. The fourth-order valence-electron chi connectivity index (χ4n) is 4.05. The molecule has 1 saturated heterocycles. The summed E-state index contributed by atoms with van der Waals surface area (Å²) in [6.07, 6.45) is 7.91. The standard InChI is InChI=1S/C26H30N4O/c31-26(22-12-3-1-4-13-22)29-24-16-9-17-27-25(24)28-23-15-6-5-11-21(23)14-10-20-30-18-7-2-8-19-30/h1,3-6,9,11-13,15-17H,2,7-8,10,14,18-20H2,(H,27,28)(H,29,31). The summed E-state index contributed by atoms with van der Waals surface area (Å²) in [5.41, 5.74) is 3.59. The second-order valence-corrected chi connectivity index (χ2v) is 8.01. The van der Waals surface area contributed by atoms with Crippen molar-refractivity contribution in [2.75, 3.05) is 30.3 Å². The third kappa shape index (κ3) is 5.92. The van der Waals surface area contributed by atoms with Crippen LogP contribution < -0.4 is 10.6 Å². The van der Waals surface area contributed by atoms with E-state index in [2.05, 4.69) is 38.7 Å². The normalized spacial score (nSPS) is 14.2. The van der Waals surface area contributed by atoms with Crippen molar-refractivity contribution in [2.24, 2.45) is 0 Å². The van der Waals surface area contributed by atoms with Gasteiger partial charge in [-0.15, -0.1) is 0 Å². The molecular formula is C26H30N4O. The number of aryl methyl sites for hydroxylation is 1. The fourth-order valence-corrected chi connectivity index (χ4v) is 4.05. The van der Waals surface area contributed by atoms with Crippen LogP contribution in [-0.4, -0.2) is 35.4 Å². The van der Waals surface area contributed by atoms with Crippen molar-refractivity contribution in [3.8, 4) is 0 Å². The molecule has 0 bridgehead atoms. The highest BCUT2D eigenvalue weighted by molar-refractivity contribution is 6.05. The van der Waals surface area contributed by atoms with Gasteiger partial charge in [-0.25, -0.2) is 4.98 Å². The van der Waals surface area contributed by atoms with Gasteiger partial charge in [-0.1, -0.05) is 42.8 Å². The van der Waals surface area contributed by atoms with Crippen molar-refractivity contribution in [2.45, 2.75) is 32.1 Å². The zero-order chi connectivity index (χ0) is 21.3. The third-order valence-corrected chi connectivity index (χ3v) is 5.73. The van der Waals surface area contributed by atoms with Crippen LogP contribution in [-0.2, 0) is 6.42 Å². The lowest BCUT2D eigenvalue weighted by Crippen LogP contribution is -2.30. The molecule has 3 aromatic rings. The number of anilines is 3. The van der Waals surface area contributed by atoms with E-state index in [1.165, 1.54) is 37.9 Å². The van der Waals surface area contributed by atoms with Crippen LogP contribution in [0.3, 0.4) is 0 Å². The van der Waals surface area contributed by atoms with Gasteiger partial charge in [0, 0.05) is 17.4 Å². The lowest BCUT2D eigenvalue weighted by atomic mass is 10.1. The number of amides is 1. The van der Waals surface area contributed by atoms with Gasteiger partial charge in [0.25, 0.3) is 5.91 Å². The van der Waals surface area contributed by atoms with Crippen LogP contribution in [0, 0.1) is 0 Å². The van der Waals surface area contributed by atoms with E-state index in [1.807, 2.05) is 36.4 Å². The van der Waals surface area contributed by atoms with E-state index >= 15 is 0 Å². The molecule has 5 nitrogen and oxygen atoms in total. The second-order valence-electron chi connectivity index (χ2n) is 8.01. The van der Waals surface area contributed by atoms with Crippen molar-refractivity contribution in [3.05, 3.63) is 84.1 Å². The van der Waals surface area contributed by atoms with Gasteiger partial charge in [-0.2, -0.15) is 0 Å². The quantitative estimate of drug-likeness (QED) is 0.511. The Labute approximate surface area is 184 Å². The number of carbonyl (C=O) groups excluding carboxylic acids is 1. The Kier molecular flexibility index (Phi) is 7.29. The van der Waals surface area contributed by atoms with E-state index in [0.717, 1.165) is 25.1 Å². The number of nitrogens with zero attached hydrogens (tertiary/aromatic N) is 2. The Hall–Kier alpha value is -3.18. The highest BCUT2D eigenvalue weighted by Crippen LogP contribution is 2.26. The van der Waals surface area contributed by atoms with Crippen LogP contribution in [0.1, 0.15) is 41.6 Å². The molecule has 1 fully saturated rings. The largest absolute Gasteiger partial charge is 0.338 e. The number of aromatic nitrogens is 1.